The fraction of sp³-hybridized carbons (Fsp3) is 0.375. The monoisotopic (exact) mass is 511 g/mol. The predicted molar refractivity (Wildman–Crippen MR) is 149 cm³/mol. The molecule has 0 N–H and O–H groups in total. The summed E-state index contributed by atoms with van der Waals surface area (Å²) in [5.41, 5.74) is 4.06. The van der Waals surface area contributed by atoms with Crippen molar-refractivity contribution in [2.75, 3.05) is 26.2 Å². The lowest BCUT2D eigenvalue weighted by Crippen LogP contribution is -2.58. The molecule has 0 bridgehead atoms. The predicted octanol–water partition coefficient (Wildman–Crippen LogP) is 5.28. The summed E-state index contributed by atoms with van der Waals surface area (Å²) in [7, 11) is 0. The van der Waals surface area contributed by atoms with Gasteiger partial charge in [0.2, 0.25) is 5.91 Å². The second-order valence-electron chi connectivity index (χ2n) is 11.2. The van der Waals surface area contributed by atoms with Crippen LogP contribution in [0.4, 0.5) is 4.79 Å². The zero-order valence-electron chi connectivity index (χ0n) is 22.5. The number of carbonyl (C=O) groups excluding carboxylic acids is 2. The van der Waals surface area contributed by atoms with E-state index in [4.69, 9.17) is 4.74 Å². The summed E-state index contributed by atoms with van der Waals surface area (Å²) in [6, 6.07) is 28.7. The molecule has 2 aliphatic rings. The topological polar surface area (TPSA) is 53.1 Å². The summed E-state index contributed by atoms with van der Waals surface area (Å²) < 4.78 is 5.71. The first-order valence-electron chi connectivity index (χ1n) is 13.5. The molecule has 1 fully saturated rings. The molecule has 198 valence electrons. The Balaban J connectivity index is 1.33. The Morgan fingerprint density at radius 2 is 1.29 bits per heavy atom. The molecule has 0 aromatic heterocycles. The maximum atomic E-state index is 13.9. The van der Waals surface area contributed by atoms with Crippen molar-refractivity contribution in [2.45, 2.75) is 51.4 Å². The van der Waals surface area contributed by atoms with Crippen molar-refractivity contribution in [3.8, 4) is 0 Å². The number of amides is 2. The van der Waals surface area contributed by atoms with Crippen LogP contribution in [-0.4, -0.2) is 64.5 Å². The Morgan fingerprint density at radius 1 is 0.763 bits per heavy atom. The highest BCUT2D eigenvalue weighted by Crippen LogP contribution is 2.31. The van der Waals surface area contributed by atoms with Gasteiger partial charge in [-0.3, -0.25) is 14.6 Å². The van der Waals surface area contributed by atoms with E-state index in [1.54, 1.807) is 4.90 Å². The lowest BCUT2D eigenvalue weighted by atomic mass is 9.93. The first-order valence-corrected chi connectivity index (χ1v) is 13.5. The second kappa shape index (κ2) is 11.0. The largest absolute Gasteiger partial charge is 0.444 e. The normalized spacial score (nSPS) is 18.3. The van der Waals surface area contributed by atoms with Crippen molar-refractivity contribution in [3.05, 3.63) is 107 Å². The SMILES string of the molecule is CC(C)(C)OC(=O)N1Cc2ccccc2C[C@H]1C(=O)N1CCN(C(c2ccccc2)c2ccccc2)CC1. The summed E-state index contributed by atoms with van der Waals surface area (Å²) in [6.07, 6.45) is 0.0719. The summed E-state index contributed by atoms with van der Waals surface area (Å²) in [5, 5.41) is 0. The zero-order valence-corrected chi connectivity index (χ0v) is 22.5. The molecule has 1 saturated heterocycles. The highest BCUT2D eigenvalue weighted by Gasteiger charge is 2.40. The van der Waals surface area contributed by atoms with Gasteiger partial charge >= 0.3 is 6.09 Å². The average Bonchev–Trinajstić information content (AvgIpc) is 2.93. The van der Waals surface area contributed by atoms with Crippen molar-refractivity contribution in [2.24, 2.45) is 0 Å². The Kier molecular flexibility index (Phi) is 7.52. The van der Waals surface area contributed by atoms with Gasteiger partial charge in [-0.15, -0.1) is 0 Å². The molecule has 0 unspecified atom stereocenters. The Morgan fingerprint density at radius 3 is 1.84 bits per heavy atom. The number of rotatable bonds is 4. The smallest absolute Gasteiger partial charge is 0.411 e. The molecule has 0 spiro atoms. The molecular weight excluding hydrogens is 474 g/mol. The molecule has 0 aliphatic carbocycles. The number of nitrogens with zero attached hydrogens (tertiary/aromatic N) is 3. The van der Waals surface area contributed by atoms with Gasteiger partial charge in [0.25, 0.3) is 0 Å². The van der Waals surface area contributed by atoms with Gasteiger partial charge in [-0.2, -0.15) is 0 Å². The highest BCUT2D eigenvalue weighted by molar-refractivity contribution is 5.87. The van der Waals surface area contributed by atoms with E-state index in [0.29, 0.717) is 26.1 Å². The van der Waals surface area contributed by atoms with Crippen molar-refractivity contribution in [1.82, 2.24) is 14.7 Å². The van der Waals surface area contributed by atoms with Gasteiger partial charge in [-0.05, 0) is 43.0 Å². The molecule has 38 heavy (non-hydrogen) atoms. The maximum Gasteiger partial charge on any atom is 0.411 e. The van der Waals surface area contributed by atoms with Crippen molar-refractivity contribution < 1.29 is 14.3 Å². The lowest BCUT2D eigenvalue weighted by Gasteiger charge is -2.43. The van der Waals surface area contributed by atoms with Crippen molar-refractivity contribution in [3.63, 3.8) is 0 Å². The van der Waals surface area contributed by atoms with Crippen LogP contribution in [0.2, 0.25) is 0 Å². The first-order chi connectivity index (χ1) is 18.3. The van der Waals surface area contributed by atoms with Gasteiger partial charge in [0.15, 0.2) is 0 Å². The van der Waals surface area contributed by atoms with E-state index in [1.807, 2.05) is 56.0 Å². The molecule has 5 rings (SSSR count). The summed E-state index contributed by atoms with van der Waals surface area (Å²) in [6.45, 7) is 8.71. The third-order valence-electron chi connectivity index (χ3n) is 7.38. The molecular formula is C32H37N3O3. The molecule has 6 nitrogen and oxygen atoms in total. The maximum absolute atomic E-state index is 13.9. The average molecular weight is 512 g/mol. The van der Waals surface area contributed by atoms with E-state index in [2.05, 4.69) is 59.5 Å². The van der Waals surface area contributed by atoms with Crippen LogP contribution in [-0.2, 0) is 22.5 Å². The Bertz CT molecular complexity index is 1210. The minimum Gasteiger partial charge on any atom is -0.444 e. The summed E-state index contributed by atoms with van der Waals surface area (Å²) >= 11 is 0. The van der Waals surface area contributed by atoms with E-state index >= 15 is 0 Å². The third kappa shape index (κ3) is 5.76. The van der Waals surface area contributed by atoms with Crippen LogP contribution in [0.5, 0.6) is 0 Å². The van der Waals surface area contributed by atoms with Crippen molar-refractivity contribution in [1.29, 1.82) is 0 Å². The van der Waals surface area contributed by atoms with Gasteiger partial charge < -0.3 is 9.64 Å². The van der Waals surface area contributed by atoms with Crippen LogP contribution in [0.25, 0.3) is 0 Å². The van der Waals surface area contributed by atoms with Crippen LogP contribution in [0.3, 0.4) is 0 Å². The number of carbonyl (C=O) groups is 2. The summed E-state index contributed by atoms with van der Waals surface area (Å²) in [4.78, 5) is 33.1. The van der Waals surface area contributed by atoms with Gasteiger partial charge in [0.1, 0.15) is 11.6 Å². The fourth-order valence-electron chi connectivity index (χ4n) is 5.55. The molecule has 2 amide bonds. The number of fused-ring (bicyclic) bond motifs is 1. The van der Waals surface area contributed by atoms with Crippen LogP contribution in [0, 0.1) is 0 Å². The molecule has 2 heterocycles. The van der Waals surface area contributed by atoms with Gasteiger partial charge in [0.05, 0.1) is 12.6 Å². The molecule has 0 radical (unpaired) electrons. The molecule has 2 aliphatic heterocycles. The van der Waals surface area contributed by atoms with Crippen LogP contribution in [0.1, 0.15) is 49.1 Å². The zero-order chi connectivity index (χ0) is 26.7. The van der Waals surface area contributed by atoms with E-state index in [0.717, 1.165) is 24.2 Å². The van der Waals surface area contributed by atoms with Crippen LogP contribution in [0.15, 0.2) is 84.9 Å². The number of piperazine rings is 1. The van der Waals surface area contributed by atoms with E-state index in [1.165, 1.54) is 11.1 Å². The molecule has 0 saturated carbocycles. The standard InChI is InChI=1S/C32H37N3O3/c1-32(2,3)38-31(37)35-23-27-17-11-10-16-26(27)22-28(35)30(36)34-20-18-33(19-21-34)29(24-12-6-4-7-13-24)25-14-8-5-9-15-25/h4-17,28-29H,18-23H2,1-3H3/t28-/m0/s1. The van der Waals surface area contributed by atoms with Gasteiger partial charge in [-0.25, -0.2) is 4.79 Å². The van der Waals surface area contributed by atoms with Gasteiger partial charge in [0, 0.05) is 32.6 Å². The minimum absolute atomic E-state index is 0.000912. The first kappa shape index (κ1) is 26.0. The van der Waals surface area contributed by atoms with E-state index < -0.39 is 17.7 Å². The molecule has 3 aromatic rings. The van der Waals surface area contributed by atoms with Gasteiger partial charge in [-0.1, -0.05) is 84.9 Å². The quantitative estimate of drug-likeness (QED) is 0.478. The van der Waals surface area contributed by atoms with E-state index in [-0.39, 0.29) is 11.9 Å². The minimum atomic E-state index is -0.628. The Hall–Kier alpha value is -3.64. The van der Waals surface area contributed by atoms with E-state index in [9.17, 15) is 9.59 Å². The molecule has 3 aromatic carbocycles. The number of hydrogen-bond donors (Lipinski definition) is 0. The Labute approximate surface area is 225 Å². The lowest BCUT2D eigenvalue weighted by molar-refractivity contribution is -0.139. The molecule has 1 atom stereocenters. The molecule has 6 heteroatoms. The van der Waals surface area contributed by atoms with Crippen LogP contribution >= 0.6 is 0 Å². The van der Waals surface area contributed by atoms with Crippen molar-refractivity contribution >= 4 is 12.0 Å². The summed E-state index contributed by atoms with van der Waals surface area (Å²) in [5.74, 6) is 0.000912. The number of benzene rings is 3. The number of ether oxygens (including phenoxy) is 1. The fourth-order valence-corrected chi connectivity index (χ4v) is 5.55. The highest BCUT2D eigenvalue weighted by atomic mass is 16.6. The second-order valence-corrected chi connectivity index (χ2v) is 11.2. The van der Waals surface area contributed by atoms with Crippen LogP contribution < -0.4 is 0 Å². The number of hydrogen-bond acceptors (Lipinski definition) is 4. The third-order valence-corrected chi connectivity index (χ3v) is 7.38.